The fraction of sp³-hybridized carbons (Fsp3) is 0.308. The molecule has 0 aliphatic carbocycles. The van der Waals surface area contributed by atoms with Crippen molar-refractivity contribution in [2.75, 3.05) is 7.05 Å². The summed E-state index contributed by atoms with van der Waals surface area (Å²) in [4.78, 5) is 18.4. The van der Waals surface area contributed by atoms with Gasteiger partial charge in [0.2, 0.25) is 0 Å². The van der Waals surface area contributed by atoms with Gasteiger partial charge in [0.15, 0.2) is 17.4 Å². The van der Waals surface area contributed by atoms with Crippen LogP contribution in [0.25, 0.3) is 0 Å². The first-order valence-corrected chi connectivity index (χ1v) is 7.52. The Morgan fingerprint density at radius 3 is 2.56 bits per heavy atom. The predicted molar refractivity (Wildman–Crippen MR) is 96.8 cm³/mol. The second kappa shape index (κ2) is 9.03. The molecule has 1 amide bonds. The van der Waals surface area contributed by atoms with Gasteiger partial charge in [0.1, 0.15) is 10.8 Å². The minimum Gasteiger partial charge on any atom is -0.454 e. The lowest BCUT2D eigenvalue weighted by Crippen LogP contribution is -2.36. The summed E-state index contributed by atoms with van der Waals surface area (Å²) in [7, 11) is 1.51. The second-order valence-corrected chi connectivity index (χ2v) is 5.48. The van der Waals surface area contributed by atoms with Crippen LogP contribution in [0.5, 0.6) is 0 Å². The summed E-state index contributed by atoms with van der Waals surface area (Å²) < 4.78 is 42.6. The van der Waals surface area contributed by atoms with E-state index in [9.17, 15) is 18.0 Å². The Bertz CT molecular complexity index is 744. The van der Waals surface area contributed by atoms with E-state index in [1.165, 1.54) is 13.1 Å². The fourth-order valence-electron chi connectivity index (χ4n) is 1.68. The molecule has 0 aliphatic heterocycles. The molecular formula is C13H15F3IN5O2S. The number of hydrogen-bond donors (Lipinski definition) is 3. The molecule has 0 unspecified atom stereocenters. The molecule has 0 saturated carbocycles. The van der Waals surface area contributed by atoms with Crippen LogP contribution in [0, 0.1) is 0 Å². The van der Waals surface area contributed by atoms with Gasteiger partial charge in [-0.15, -0.1) is 35.3 Å². The molecule has 7 nitrogen and oxygen atoms in total. The molecule has 2 aromatic rings. The fourth-order valence-corrected chi connectivity index (χ4v) is 2.42. The predicted octanol–water partition coefficient (Wildman–Crippen LogP) is 2.34. The number of carbonyl (C=O) groups is 1. The van der Waals surface area contributed by atoms with E-state index in [2.05, 4.69) is 20.6 Å². The van der Waals surface area contributed by atoms with Crippen LogP contribution >= 0.6 is 35.3 Å². The van der Waals surface area contributed by atoms with Crippen molar-refractivity contribution in [3.05, 3.63) is 39.7 Å². The number of nitrogens with two attached hydrogens (primary N) is 1. The SMILES string of the molecule is CN=C(NCc1ccc(C(N)=O)o1)NCc1nc(C(F)(F)F)cs1.I. The molecule has 0 aliphatic rings. The number of thiazole rings is 1. The first-order valence-electron chi connectivity index (χ1n) is 6.64. The molecule has 0 saturated heterocycles. The number of furan rings is 1. The van der Waals surface area contributed by atoms with Crippen molar-refractivity contribution in [2.45, 2.75) is 19.3 Å². The van der Waals surface area contributed by atoms with Gasteiger partial charge in [-0.2, -0.15) is 13.2 Å². The van der Waals surface area contributed by atoms with Gasteiger partial charge in [-0.1, -0.05) is 0 Å². The number of halogens is 4. The molecule has 2 rings (SSSR count). The summed E-state index contributed by atoms with van der Waals surface area (Å²) in [5, 5.41) is 6.97. The Labute approximate surface area is 161 Å². The molecule has 2 heterocycles. The summed E-state index contributed by atoms with van der Waals surface area (Å²) in [6, 6.07) is 3.03. The summed E-state index contributed by atoms with van der Waals surface area (Å²) >= 11 is 0.904. The quantitative estimate of drug-likeness (QED) is 0.340. The highest BCUT2D eigenvalue weighted by molar-refractivity contribution is 14.0. The normalized spacial score (nSPS) is 11.8. The van der Waals surface area contributed by atoms with Crippen molar-refractivity contribution in [1.82, 2.24) is 15.6 Å². The molecule has 2 aromatic heterocycles. The Hall–Kier alpha value is -1.83. The largest absolute Gasteiger partial charge is 0.454 e. The second-order valence-electron chi connectivity index (χ2n) is 4.53. The first kappa shape index (κ1) is 21.2. The monoisotopic (exact) mass is 489 g/mol. The van der Waals surface area contributed by atoms with E-state index in [-0.39, 0.29) is 47.8 Å². The number of nitrogens with one attached hydrogen (secondary N) is 2. The zero-order valence-electron chi connectivity index (χ0n) is 12.9. The topological polar surface area (TPSA) is 106 Å². The van der Waals surface area contributed by atoms with Crippen molar-refractivity contribution in [1.29, 1.82) is 0 Å². The molecule has 25 heavy (non-hydrogen) atoms. The zero-order valence-corrected chi connectivity index (χ0v) is 16.0. The molecule has 0 spiro atoms. The number of aliphatic imine (C=N–C) groups is 1. The van der Waals surface area contributed by atoms with E-state index in [4.69, 9.17) is 10.2 Å². The summed E-state index contributed by atoms with van der Waals surface area (Å²) in [5.74, 6) is 0.168. The van der Waals surface area contributed by atoms with Gasteiger partial charge >= 0.3 is 6.18 Å². The smallest absolute Gasteiger partial charge is 0.434 e. The number of aromatic nitrogens is 1. The van der Waals surface area contributed by atoms with E-state index in [1.54, 1.807) is 6.07 Å². The lowest BCUT2D eigenvalue weighted by molar-refractivity contribution is -0.140. The highest BCUT2D eigenvalue weighted by Gasteiger charge is 2.33. The van der Waals surface area contributed by atoms with Gasteiger partial charge in [-0.3, -0.25) is 9.79 Å². The van der Waals surface area contributed by atoms with Crippen LogP contribution in [-0.4, -0.2) is 23.9 Å². The van der Waals surface area contributed by atoms with Crippen LogP contribution in [0.3, 0.4) is 0 Å². The highest BCUT2D eigenvalue weighted by Crippen LogP contribution is 2.29. The number of nitrogens with zero attached hydrogens (tertiary/aromatic N) is 2. The Morgan fingerprint density at radius 1 is 1.36 bits per heavy atom. The molecule has 0 aromatic carbocycles. The van der Waals surface area contributed by atoms with Crippen LogP contribution < -0.4 is 16.4 Å². The number of guanidine groups is 1. The molecule has 0 atom stereocenters. The average molecular weight is 489 g/mol. The van der Waals surface area contributed by atoms with E-state index in [1.807, 2.05) is 0 Å². The van der Waals surface area contributed by atoms with Crippen molar-refractivity contribution in [3.63, 3.8) is 0 Å². The molecule has 138 valence electrons. The summed E-state index contributed by atoms with van der Waals surface area (Å²) in [5.41, 5.74) is 4.16. The van der Waals surface area contributed by atoms with Gasteiger partial charge < -0.3 is 20.8 Å². The summed E-state index contributed by atoms with van der Waals surface area (Å²) in [6.07, 6.45) is -4.45. The van der Waals surface area contributed by atoms with Gasteiger partial charge in [-0.05, 0) is 12.1 Å². The molecule has 4 N–H and O–H groups in total. The van der Waals surface area contributed by atoms with Crippen LogP contribution in [0.4, 0.5) is 13.2 Å². The Balaban J connectivity index is 0.00000312. The maximum atomic E-state index is 12.5. The first-order chi connectivity index (χ1) is 11.3. The number of alkyl halides is 3. The van der Waals surface area contributed by atoms with E-state index < -0.39 is 17.8 Å². The maximum absolute atomic E-state index is 12.5. The zero-order chi connectivity index (χ0) is 17.7. The van der Waals surface area contributed by atoms with Crippen LogP contribution in [0.1, 0.15) is 27.0 Å². The number of rotatable bonds is 5. The average Bonchev–Trinajstić information content (AvgIpc) is 3.16. The van der Waals surface area contributed by atoms with Gasteiger partial charge in [0.25, 0.3) is 5.91 Å². The molecule has 0 radical (unpaired) electrons. The third kappa shape index (κ3) is 6.19. The highest BCUT2D eigenvalue weighted by atomic mass is 127. The minimum atomic E-state index is -4.45. The Morgan fingerprint density at radius 2 is 2.04 bits per heavy atom. The molecule has 0 fully saturated rings. The lowest BCUT2D eigenvalue weighted by Gasteiger charge is -2.09. The van der Waals surface area contributed by atoms with Crippen LogP contribution in [-0.2, 0) is 19.3 Å². The van der Waals surface area contributed by atoms with Crippen LogP contribution in [0.2, 0.25) is 0 Å². The Kier molecular flexibility index (Phi) is 7.66. The van der Waals surface area contributed by atoms with Crippen molar-refractivity contribution >= 4 is 47.2 Å². The standard InChI is InChI=1S/C13H14F3N5O2S.HI/c1-18-12(19-4-7-2-3-8(23-7)11(17)22)20-5-10-21-9(6-24-10)13(14,15)16;/h2-3,6H,4-5H2,1H3,(H2,17,22)(H2,18,19,20);1H. The number of hydrogen-bond acceptors (Lipinski definition) is 5. The van der Waals surface area contributed by atoms with Crippen molar-refractivity contribution in [2.24, 2.45) is 10.7 Å². The van der Waals surface area contributed by atoms with E-state index in [0.29, 0.717) is 11.7 Å². The van der Waals surface area contributed by atoms with Crippen molar-refractivity contribution in [3.8, 4) is 0 Å². The van der Waals surface area contributed by atoms with E-state index >= 15 is 0 Å². The molecular weight excluding hydrogens is 474 g/mol. The minimum absolute atomic E-state index is 0. The summed E-state index contributed by atoms with van der Waals surface area (Å²) in [6.45, 7) is 0.309. The van der Waals surface area contributed by atoms with Gasteiger partial charge in [0, 0.05) is 12.4 Å². The molecule has 12 heteroatoms. The number of primary amides is 1. The third-order valence-electron chi connectivity index (χ3n) is 2.81. The van der Waals surface area contributed by atoms with Gasteiger partial charge in [0.05, 0.1) is 13.1 Å². The van der Waals surface area contributed by atoms with Crippen LogP contribution in [0.15, 0.2) is 26.9 Å². The number of carbonyl (C=O) groups excluding carboxylic acids is 1. The third-order valence-corrected chi connectivity index (χ3v) is 3.66. The van der Waals surface area contributed by atoms with E-state index in [0.717, 1.165) is 16.7 Å². The number of amides is 1. The van der Waals surface area contributed by atoms with Crippen molar-refractivity contribution < 1.29 is 22.4 Å². The van der Waals surface area contributed by atoms with Gasteiger partial charge in [-0.25, -0.2) is 4.98 Å². The molecule has 0 bridgehead atoms. The maximum Gasteiger partial charge on any atom is 0.434 e. The lowest BCUT2D eigenvalue weighted by atomic mass is 10.4.